The number of nitrogens with zero attached hydrogens (tertiary/aromatic N) is 1. The Morgan fingerprint density at radius 3 is 2.41 bits per heavy atom. The summed E-state index contributed by atoms with van der Waals surface area (Å²) < 4.78 is 0. The highest BCUT2D eigenvalue weighted by molar-refractivity contribution is 5.86. The first kappa shape index (κ1) is 12.6. The van der Waals surface area contributed by atoms with Crippen LogP contribution in [0.25, 0.3) is 0 Å². The van der Waals surface area contributed by atoms with E-state index < -0.39 is 0 Å². The van der Waals surface area contributed by atoms with Gasteiger partial charge in [-0.1, -0.05) is 26.7 Å². The van der Waals surface area contributed by atoms with Crippen LogP contribution in [0.1, 0.15) is 52.9 Å². The second-order valence-electron chi connectivity index (χ2n) is 6.06. The lowest BCUT2D eigenvalue weighted by atomic mass is 10.0. The van der Waals surface area contributed by atoms with Crippen molar-refractivity contribution in [3.8, 4) is 0 Å². The number of amides is 1. The Morgan fingerprint density at radius 1 is 1.29 bits per heavy atom. The Labute approximate surface area is 104 Å². The molecule has 0 saturated heterocycles. The molecule has 0 aromatic heterocycles. The highest BCUT2D eigenvalue weighted by Gasteiger charge is 2.54. The van der Waals surface area contributed by atoms with Crippen molar-refractivity contribution in [3.63, 3.8) is 0 Å². The molecular formula is C14H24N2O. The molecule has 2 unspecified atom stereocenters. The molecule has 3 nitrogen and oxygen atoms in total. The topological polar surface area (TPSA) is 41.5 Å². The third kappa shape index (κ3) is 3.08. The maximum absolute atomic E-state index is 11.9. The standard InChI is InChI=1S/C14H24N2O/c1-9(2)8-10(3)15-16-14(17)13-11-6-4-5-7-12(11)13/h9,11-13H,4-8H2,1-3H3,(H,16,17)/b15-10+. The summed E-state index contributed by atoms with van der Waals surface area (Å²) in [5.74, 6) is 2.37. The molecule has 0 heterocycles. The molecular weight excluding hydrogens is 212 g/mol. The minimum Gasteiger partial charge on any atom is -0.273 e. The monoisotopic (exact) mass is 236 g/mol. The maximum atomic E-state index is 11.9. The zero-order valence-electron chi connectivity index (χ0n) is 11.2. The van der Waals surface area contributed by atoms with Gasteiger partial charge < -0.3 is 0 Å². The van der Waals surface area contributed by atoms with Crippen molar-refractivity contribution in [2.45, 2.75) is 52.9 Å². The molecule has 2 rings (SSSR count). The number of hydrazone groups is 1. The lowest BCUT2D eigenvalue weighted by Gasteiger charge is -2.04. The molecule has 96 valence electrons. The highest BCUT2D eigenvalue weighted by Crippen LogP contribution is 2.55. The van der Waals surface area contributed by atoms with Gasteiger partial charge in [-0.15, -0.1) is 0 Å². The minimum atomic E-state index is 0.157. The van der Waals surface area contributed by atoms with E-state index >= 15 is 0 Å². The first-order valence-electron chi connectivity index (χ1n) is 6.92. The molecule has 0 spiro atoms. The van der Waals surface area contributed by atoms with Crippen molar-refractivity contribution in [3.05, 3.63) is 0 Å². The van der Waals surface area contributed by atoms with Crippen LogP contribution in [-0.4, -0.2) is 11.6 Å². The van der Waals surface area contributed by atoms with Gasteiger partial charge >= 0.3 is 0 Å². The lowest BCUT2D eigenvalue weighted by Crippen LogP contribution is -2.22. The molecule has 2 aliphatic rings. The van der Waals surface area contributed by atoms with Crippen LogP contribution in [-0.2, 0) is 4.79 Å². The largest absolute Gasteiger partial charge is 0.273 e. The second kappa shape index (κ2) is 5.19. The van der Waals surface area contributed by atoms with E-state index in [1.165, 1.54) is 25.7 Å². The zero-order valence-corrected chi connectivity index (χ0v) is 11.2. The number of nitrogens with one attached hydrogen (secondary N) is 1. The van der Waals surface area contributed by atoms with Gasteiger partial charge in [0.2, 0.25) is 5.91 Å². The maximum Gasteiger partial charge on any atom is 0.243 e. The van der Waals surface area contributed by atoms with Gasteiger partial charge in [0.1, 0.15) is 0 Å². The van der Waals surface area contributed by atoms with Gasteiger partial charge in [0.25, 0.3) is 0 Å². The Balaban J connectivity index is 1.78. The molecule has 1 N–H and O–H groups in total. The van der Waals surface area contributed by atoms with E-state index in [1.54, 1.807) is 0 Å². The summed E-state index contributed by atoms with van der Waals surface area (Å²) in [6.45, 7) is 6.31. The molecule has 0 bridgehead atoms. The second-order valence-corrected chi connectivity index (χ2v) is 6.06. The molecule has 2 atom stereocenters. The number of carbonyl (C=O) groups is 1. The van der Waals surface area contributed by atoms with Crippen molar-refractivity contribution < 1.29 is 4.79 Å². The van der Waals surface area contributed by atoms with Crippen molar-refractivity contribution in [1.29, 1.82) is 0 Å². The van der Waals surface area contributed by atoms with Crippen LogP contribution in [0.15, 0.2) is 5.10 Å². The highest BCUT2D eigenvalue weighted by atomic mass is 16.2. The normalized spacial score (nSPS) is 32.2. The van der Waals surface area contributed by atoms with Gasteiger partial charge in [-0.3, -0.25) is 4.79 Å². The van der Waals surface area contributed by atoms with Crippen LogP contribution < -0.4 is 5.43 Å². The van der Waals surface area contributed by atoms with Crippen molar-refractivity contribution in [1.82, 2.24) is 5.43 Å². The summed E-state index contributed by atoms with van der Waals surface area (Å²) in [6.07, 6.45) is 6.06. The average Bonchev–Trinajstić information content (AvgIpc) is 2.99. The summed E-state index contributed by atoms with van der Waals surface area (Å²) in [5.41, 5.74) is 3.78. The van der Waals surface area contributed by atoms with Crippen LogP contribution in [0.5, 0.6) is 0 Å². The molecule has 0 aliphatic heterocycles. The Morgan fingerprint density at radius 2 is 1.88 bits per heavy atom. The van der Waals surface area contributed by atoms with Gasteiger partial charge in [-0.2, -0.15) is 5.10 Å². The van der Waals surface area contributed by atoms with Crippen LogP contribution in [0.4, 0.5) is 0 Å². The quantitative estimate of drug-likeness (QED) is 0.591. The van der Waals surface area contributed by atoms with Gasteiger partial charge in [-0.05, 0) is 43.9 Å². The molecule has 0 radical (unpaired) electrons. The SMILES string of the molecule is C/C(CC(C)C)=N\NC(=O)C1C2CCCCC21. The molecule has 2 fully saturated rings. The summed E-state index contributed by atoms with van der Waals surface area (Å²) in [4.78, 5) is 11.9. The van der Waals surface area contributed by atoms with E-state index in [0.717, 1.165) is 12.1 Å². The summed E-state index contributed by atoms with van der Waals surface area (Å²) in [5, 5.41) is 4.20. The molecule has 0 aromatic rings. The molecule has 1 amide bonds. The Hall–Kier alpha value is -0.860. The van der Waals surface area contributed by atoms with Crippen LogP contribution in [0.3, 0.4) is 0 Å². The number of rotatable bonds is 4. The fourth-order valence-electron chi connectivity index (χ4n) is 3.24. The molecule has 3 heteroatoms. The Bertz CT molecular complexity index is 310. The van der Waals surface area contributed by atoms with Gasteiger partial charge in [0.05, 0.1) is 0 Å². The average molecular weight is 236 g/mol. The summed E-state index contributed by atoms with van der Waals surface area (Å²) in [7, 11) is 0. The lowest BCUT2D eigenvalue weighted by molar-refractivity contribution is -0.122. The van der Waals surface area contributed by atoms with Crippen LogP contribution in [0, 0.1) is 23.7 Å². The molecule has 2 aliphatic carbocycles. The van der Waals surface area contributed by atoms with E-state index in [9.17, 15) is 4.79 Å². The first-order valence-corrected chi connectivity index (χ1v) is 6.92. The third-order valence-electron chi connectivity index (χ3n) is 4.02. The zero-order chi connectivity index (χ0) is 12.4. The minimum absolute atomic E-state index is 0.157. The van der Waals surface area contributed by atoms with E-state index in [1.807, 2.05) is 6.92 Å². The molecule has 17 heavy (non-hydrogen) atoms. The smallest absolute Gasteiger partial charge is 0.243 e. The number of hydrogen-bond donors (Lipinski definition) is 1. The summed E-state index contributed by atoms with van der Waals surface area (Å²) in [6, 6.07) is 0. The van der Waals surface area contributed by atoms with E-state index in [-0.39, 0.29) is 11.8 Å². The first-order chi connectivity index (χ1) is 8.09. The third-order valence-corrected chi connectivity index (χ3v) is 4.02. The van der Waals surface area contributed by atoms with Gasteiger partial charge in [0, 0.05) is 11.6 Å². The van der Waals surface area contributed by atoms with E-state index in [4.69, 9.17) is 0 Å². The van der Waals surface area contributed by atoms with Crippen LogP contribution in [0.2, 0.25) is 0 Å². The van der Waals surface area contributed by atoms with Crippen molar-refractivity contribution >= 4 is 11.6 Å². The fourth-order valence-corrected chi connectivity index (χ4v) is 3.24. The molecule has 0 aromatic carbocycles. The fraction of sp³-hybridized carbons (Fsp3) is 0.857. The van der Waals surface area contributed by atoms with Gasteiger partial charge in [0.15, 0.2) is 0 Å². The number of carbonyl (C=O) groups excluding carboxylic acids is 1. The summed E-state index contributed by atoms with van der Waals surface area (Å²) >= 11 is 0. The number of fused-ring (bicyclic) bond motifs is 1. The Kier molecular flexibility index (Phi) is 3.85. The van der Waals surface area contributed by atoms with Crippen molar-refractivity contribution in [2.24, 2.45) is 28.8 Å². The predicted molar refractivity (Wildman–Crippen MR) is 69.6 cm³/mol. The molecule has 2 saturated carbocycles. The van der Waals surface area contributed by atoms with E-state index in [2.05, 4.69) is 24.4 Å². The van der Waals surface area contributed by atoms with Crippen molar-refractivity contribution in [2.75, 3.05) is 0 Å². The number of hydrogen-bond acceptors (Lipinski definition) is 2. The van der Waals surface area contributed by atoms with E-state index in [0.29, 0.717) is 17.8 Å². The van der Waals surface area contributed by atoms with Crippen LogP contribution >= 0.6 is 0 Å². The predicted octanol–water partition coefficient (Wildman–Crippen LogP) is 2.96. The van der Waals surface area contributed by atoms with Gasteiger partial charge in [-0.25, -0.2) is 5.43 Å².